The summed E-state index contributed by atoms with van der Waals surface area (Å²) in [6.07, 6.45) is -5.54. The highest BCUT2D eigenvalue weighted by Crippen LogP contribution is 2.26. The molecule has 0 aromatic rings. The standard InChI is InChI=1S/C10H11F5O/c1-4-8(16-9(3,11)12)6-5-7(2)10(13,14)15/h4-6H,2H2,1,3H3/b6-5-,8-4+. The van der Waals surface area contributed by atoms with Gasteiger partial charge in [-0.15, -0.1) is 0 Å². The second-order valence-electron chi connectivity index (χ2n) is 2.96. The van der Waals surface area contributed by atoms with Crippen molar-refractivity contribution in [1.82, 2.24) is 0 Å². The minimum absolute atomic E-state index is 0.363. The van der Waals surface area contributed by atoms with Crippen molar-refractivity contribution in [2.45, 2.75) is 26.1 Å². The van der Waals surface area contributed by atoms with Gasteiger partial charge in [0.1, 0.15) is 5.76 Å². The first-order valence-corrected chi connectivity index (χ1v) is 4.23. The van der Waals surface area contributed by atoms with E-state index >= 15 is 0 Å². The van der Waals surface area contributed by atoms with Gasteiger partial charge in [0.25, 0.3) is 0 Å². The van der Waals surface area contributed by atoms with Gasteiger partial charge in [0.05, 0.1) is 0 Å². The highest BCUT2D eigenvalue weighted by atomic mass is 19.4. The van der Waals surface area contributed by atoms with Crippen molar-refractivity contribution in [1.29, 1.82) is 0 Å². The molecule has 0 N–H and O–H groups in total. The van der Waals surface area contributed by atoms with E-state index in [1.54, 1.807) is 0 Å². The van der Waals surface area contributed by atoms with Crippen LogP contribution in [0.15, 0.2) is 36.1 Å². The molecule has 6 heteroatoms. The van der Waals surface area contributed by atoms with Crippen molar-refractivity contribution >= 4 is 0 Å². The molecule has 0 aliphatic rings. The topological polar surface area (TPSA) is 9.23 Å². The van der Waals surface area contributed by atoms with E-state index in [0.29, 0.717) is 13.0 Å². The van der Waals surface area contributed by atoms with Crippen LogP contribution in [0.1, 0.15) is 13.8 Å². The molecule has 0 saturated heterocycles. The van der Waals surface area contributed by atoms with Crippen LogP contribution >= 0.6 is 0 Å². The SMILES string of the molecule is C=C(/C=C\C(=C/C)OC(C)(F)F)C(F)(F)F. The molecule has 16 heavy (non-hydrogen) atoms. The summed E-state index contributed by atoms with van der Waals surface area (Å²) in [6, 6.07) is 0. The number of allylic oxidation sites excluding steroid dienone is 4. The van der Waals surface area contributed by atoms with Crippen LogP contribution in [0.4, 0.5) is 22.0 Å². The Hall–Kier alpha value is -1.33. The Morgan fingerprint density at radius 3 is 1.94 bits per heavy atom. The summed E-state index contributed by atoms with van der Waals surface area (Å²) >= 11 is 0. The number of ether oxygens (including phenoxy) is 1. The quantitative estimate of drug-likeness (QED) is 0.408. The van der Waals surface area contributed by atoms with Gasteiger partial charge >= 0.3 is 12.3 Å². The van der Waals surface area contributed by atoms with Crippen molar-refractivity contribution in [3.05, 3.63) is 36.1 Å². The average molecular weight is 242 g/mol. The van der Waals surface area contributed by atoms with Crippen molar-refractivity contribution in [3.63, 3.8) is 0 Å². The van der Waals surface area contributed by atoms with Crippen LogP contribution in [-0.4, -0.2) is 12.3 Å². The van der Waals surface area contributed by atoms with Gasteiger partial charge in [-0.2, -0.15) is 22.0 Å². The van der Waals surface area contributed by atoms with Crippen molar-refractivity contribution in [3.8, 4) is 0 Å². The van der Waals surface area contributed by atoms with E-state index in [-0.39, 0.29) is 5.76 Å². The van der Waals surface area contributed by atoms with E-state index in [9.17, 15) is 22.0 Å². The van der Waals surface area contributed by atoms with Gasteiger partial charge in [0.15, 0.2) is 0 Å². The second kappa shape index (κ2) is 5.14. The maximum absolute atomic E-state index is 12.4. The molecule has 0 bridgehead atoms. The van der Waals surface area contributed by atoms with Gasteiger partial charge in [-0.25, -0.2) is 0 Å². The summed E-state index contributed by atoms with van der Waals surface area (Å²) in [7, 11) is 0. The fourth-order valence-corrected chi connectivity index (χ4v) is 0.673. The van der Waals surface area contributed by atoms with Crippen LogP contribution in [0.2, 0.25) is 0 Å². The average Bonchev–Trinajstić information content (AvgIpc) is 2.08. The van der Waals surface area contributed by atoms with Crippen LogP contribution in [0, 0.1) is 0 Å². The molecule has 0 aliphatic heterocycles. The van der Waals surface area contributed by atoms with Gasteiger partial charge in [0, 0.05) is 12.5 Å². The lowest BCUT2D eigenvalue weighted by molar-refractivity contribution is -0.195. The maximum atomic E-state index is 12.4. The van der Waals surface area contributed by atoms with Crippen molar-refractivity contribution in [2.24, 2.45) is 0 Å². The van der Waals surface area contributed by atoms with E-state index in [4.69, 9.17) is 0 Å². The number of rotatable bonds is 4. The Balaban J connectivity index is 4.59. The third-order valence-electron chi connectivity index (χ3n) is 1.39. The second-order valence-corrected chi connectivity index (χ2v) is 2.96. The molecule has 0 aliphatic carbocycles. The lowest BCUT2D eigenvalue weighted by atomic mass is 10.2. The Morgan fingerprint density at radius 1 is 1.12 bits per heavy atom. The molecule has 1 nitrogen and oxygen atoms in total. The first kappa shape index (κ1) is 14.7. The minimum Gasteiger partial charge on any atom is -0.433 e. The van der Waals surface area contributed by atoms with Crippen molar-refractivity contribution in [2.75, 3.05) is 0 Å². The summed E-state index contributed by atoms with van der Waals surface area (Å²) in [5.41, 5.74) is -1.14. The van der Waals surface area contributed by atoms with Crippen molar-refractivity contribution < 1.29 is 26.7 Å². The lowest BCUT2D eigenvalue weighted by Gasteiger charge is -2.13. The normalized spacial score (nSPS) is 14.3. The monoisotopic (exact) mass is 242 g/mol. The minimum atomic E-state index is -4.58. The van der Waals surface area contributed by atoms with Crippen LogP contribution in [0.25, 0.3) is 0 Å². The Labute approximate surface area is 89.9 Å². The molecule has 0 rings (SSSR count). The smallest absolute Gasteiger partial charge is 0.415 e. The third-order valence-corrected chi connectivity index (χ3v) is 1.39. The summed E-state index contributed by atoms with van der Waals surface area (Å²) < 4.78 is 64.8. The van der Waals surface area contributed by atoms with Crippen LogP contribution in [0.5, 0.6) is 0 Å². The van der Waals surface area contributed by atoms with Gasteiger partial charge in [-0.3, -0.25) is 0 Å². The zero-order chi connectivity index (χ0) is 13.0. The predicted molar refractivity (Wildman–Crippen MR) is 49.8 cm³/mol. The predicted octanol–water partition coefficient (Wildman–Crippen LogP) is 4.19. The molecule has 0 atom stereocenters. The molecule has 92 valence electrons. The summed E-state index contributed by atoms with van der Waals surface area (Å²) in [5, 5.41) is 0. The fraction of sp³-hybridized carbons (Fsp3) is 0.400. The highest BCUT2D eigenvalue weighted by molar-refractivity contribution is 5.25. The molecule has 0 amide bonds. The molecule has 0 heterocycles. The zero-order valence-corrected chi connectivity index (χ0v) is 8.74. The first-order chi connectivity index (χ1) is 7.06. The van der Waals surface area contributed by atoms with E-state index in [2.05, 4.69) is 11.3 Å². The summed E-state index contributed by atoms with van der Waals surface area (Å²) in [6.45, 7) is 4.60. The van der Waals surface area contributed by atoms with Gasteiger partial charge in [-0.05, 0) is 25.2 Å². The molecular formula is C10H11F5O. The third kappa shape index (κ3) is 6.21. The molecule has 0 saturated carbocycles. The summed E-state index contributed by atoms with van der Waals surface area (Å²) in [4.78, 5) is 0. The molecule has 0 aromatic heterocycles. The van der Waals surface area contributed by atoms with Crippen LogP contribution < -0.4 is 0 Å². The summed E-state index contributed by atoms with van der Waals surface area (Å²) in [5.74, 6) is -0.363. The lowest BCUT2D eigenvalue weighted by Crippen LogP contribution is -2.14. The van der Waals surface area contributed by atoms with E-state index < -0.39 is 17.9 Å². The Bertz CT molecular complexity index is 306. The molecule has 0 unspecified atom stereocenters. The number of alkyl halides is 5. The van der Waals surface area contributed by atoms with Crippen LogP contribution in [0.3, 0.4) is 0 Å². The van der Waals surface area contributed by atoms with Gasteiger partial charge < -0.3 is 4.74 Å². The molecular weight excluding hydrogens is 231 g/mol. The highest BCUT2D eigenvalue weighted by Gasteiger charge is 2.30. The molecule has 0 aromatic carbocycles. The van der Waals surface area contributed by atoms with Gasteiger partial charge in [0.2, 0.25) is 0 Å². The Morgan fingerprint density at radius 2 is 1.62 bits per heavy atom. The van der Waals surface area contributed by atoms with E-state index in [0.717, 1.165) is 12.2 Å². The largest absolute Gasteiger partial charge is 0.433 e. The fourth-order valence-electron chi connectivity index (χ4n) is 0.673. The maximum Gasteiger partial charge on any atom is 0.415 e. The molecule has 0 radical (unpaired) electrons. The number of halogens is 5. The zero-order valence-electron chi connectivity index (χ0n) is 8.74. The number of hydrogen-bond donors (Lipinski definition) is 0. The Kier molecular flexibility index (Phi) is 4.71. The first-order valence-electron chi connectivity index (χ1n) is 4.23. The number of hydrogen-bond acceptors (Lipinski definition) is 1. The van der Waals surface area contributed by atoms with E-state index in [1.807, 2.05) is 0 Å². The van der Waals surface area contributed by atoms with Crippen LogP contribution in [-0.2, 0) is 4.74 Å². The van der Waals surface area contributed by atoms with Gasteiger partial charge in [-0.1, -0.05) is 6.58 Å². The molecule has 0 fully saturated rings. The molecule has 0 spiro atoms. The van der Waals surface area contributed by atoms with E-state index in [1.165, 1.54) is 6.92 Å².